The average molecular weight is 607 g/mol. The number of nitrogens with one attached hydrogen (secondary N) is 1. The fourth-order valence-corrected chi connectivity index (χ4v) is 5.70. The summed E-state index contributed by atoms with van der Waals surface area (Å²) in [5.41, 5.74) is 1.38. The van der Waals surface area contributed by atoms with Crippen molar-refractivity contribution < 1.29 is 40.6 Å². The number of carbonyl (C=O) groups excluding carboxylic acids is 1. The zero-order valence-corrected chi connectivity index (χ0v) is 23.4. The quantitative estimate of drug-likeness (QED) is 0.285. The van der Waals surface area contributed by atoms with Crippen LogP contribution in [0.5, 0.6) is 17.4 Å². The average Bonchev–Trinajstić information content (AvgIpc) is 3.53. The second-order valence-electron chi connectivity index (χ2n) is 9.29. The Morgan fingerprint density at radius 2 is 1.86 bits per heavy atom. The lowest BCUT2D eigenvalue weighted by atomic mass is 10.1. The fraction of sp³-hybridized carbons (Fsp3) is 0.308. The maximum atomic E-state index is 13.0. The summed E-state index contributed by atoms with van der Waals surface area (Å²) in [4.78, 5) is 12.3. The van der Waals surface area contributed by atoms with Gasteiger partial charge in [0.2, 0.25) is 15.9 Å². The van der Waals surface area contributed by atoms with Gasteiger partial charge >= 0.3 is 12.1 Å². The Hall–Kier alpha value is -4.44. The molecule has 12 nitrogen and oxygen atoms in total. The fourth-order valence-electron chi connectivity index (χ4n) is 4.64. The summed E-state index contributed by atoms with van der Waals surface area (Å²) < 4.78 is 85.0. The van der Waals surface area contributed by atoms with Crippen molar-refractivity contribution in [2.75, 3.05) is 32.3 Å². The van der Waals surface area contributed by atoms with Gasteiger partial charge in [-0.25, -0.2) is 13.1 Å². The van der Waals surface area contributed by atoms with Crippen LogP contribution in [-0.4, -0.2) is 73.7 Å². The van der Waals surface area contributed by atoms with E-state index in [1.54, 1.807) is 30.3 Å². The van der Waals surface area contributed by atoms with Crippen molar-refractivity contribution in [3.05, 3.63) is 54.1 Å². The first-order valence-electron chi connectivity index (χ1n) is 12.5. The number of alkyl halides is 3. The molecule has 0 spiro atoms. The highest BCUT2D eigenvalue weighted by Gasteiger charge is 2.47. The molecule has 1 aliphatic heterocycles. The van der Waals surface area contributed by atoms with E-state index in [4.69, 9.17) is 14.2 Å². The van der Waals surface area contributed by atoms with Crippen LogP contribution in [0.25, 0.3) is 17.0 Å². The molecule has 0 saturated carbocycles. The smallest absolute Gasteiger partial charge is 0.471 e. The Morgan fingerprint density at radius 1 is 1.07 bits per heavy atom. The van der Waals surface area contributed by atoms with Gasteiger partial charge in [0.15, 0.2) is 11.5 Å². The summed E-state index contributed by atoms with van der Waals surface area (Å²) in [6.07, 6.45) is -4.95. The molecule has 1 aliphatic rings. The van der Waals surface area contributed by atoms with Crippen molar-refractivity contribution in [3.8, 4) is 28.8 Å². The van der Waals surface area contributed by atoms with Gasteiger partial charge in [0.05, 0.1) is 24.7 Å². The van der Waals surface area contributed by atoms with E-state index < -0.39 is 28.1 Å². The number of aromatic nitrogens is 4. The normalized spacial score (nSPS) is 15.1. The van der Waals surface area contributed by atoms with Crippen LogP contribution in [0.15, 0.2) is 53.4 Å². The first-order chi connectivity index (χ1) is 19.9. The molecule has 222 valence electrons. The molecular weight excluding hydrogens is 581 g/mol. The van der Waals surface area contributed by atoms with Crippen molar-refractivity contribution in [1.29, 1.82) is 0 Å². The molecule has 1 amide bonds. The molecule has 0 fully saturated rings. The highest BCUT2D eigenvalue weighted by molar-refractivity contribution is 7.89. The SMILES string of the molecule is COc1ccc(OC)c(-c2nnc3ccc(OCCNS(=O)(=O)c4ccc5c(c4)CC(C)N5C(=O)C(F)(F)F)nn23)c1. The van der Waals surface area contributed by atoms with E-state index >= 15 is 0 Å². The standard InChI is InChI=1S/C26H25F3N6O6S/c1-15-12-16-13-18(5-6-20(16)34(15)25(36)26(27,28)29)42(37,38)30-10-11-41-23-9-8-22-31-32-24(35(22)33-23)19-14-17(39-2)4-7-21(19)40-3/h4-9,13-15,30H,10-12H2,1-3H3. The molecule has 16 heteroatoms. The van der Waals surface area contributed by atoms with Crippen molar-refractivity contribution in [1.82, 2.24) is 24.5 Å². The third-order valence-electron chi connectivity index (χ3n) is 6.57. The van der Waals surface area contributed by atoms with E-state index in [-0.39, 0.29) is 36.0 Å². The van der Waals surface area contributed by atoms with E-state index in [0.29, 0.717) is 39.0 Å². The highest BCUT2D eigenvalue weighted by atomic mass is 32.2. The molecule has 1 N–H and O–H groups in total. The van der Waals surface area contributed by atoms with E-state index in [1.165, 1.54) is 37.8 Å². The Balaban J connectivity index is 1.26. The second kappa shape index (κ2) is 11.1. The first kappa shape index (κ1) is 29.1. The number of methoxy groups -OCH3 is 2. The van der Waals surface area contributed by atoms with Gasteiger partial charge in [-0.05, 0) is 61.4 Å². The molecule has 2 aromatic heterocycles. The molecular formula is C26H25F3N6O6S. The number of carbonyl (C=O) groups is 1. The second-order valence-corrected chi connectivity index (χ2v) is 11.1. The summed E-state index contributed by atoms with van der Waals surface area (Å²) in [7, 11) is -0.979. The van der Waals surface area contributed by atoms with Crippen molar-refractivity contribution in [2.45, 2.75) is 30.5 Å². The highest BCUT2D eigenvalue weighted by Crippen LogP contribution is 2.37. The summed E-state index contributed by atoms with van der Waals surface area (Å²) >= 11 is 0. The van der Waals surface area contributed by atoms with E-state index in [9.17, 15) is 26.4 Å². The molecule has 5 rings (SSSR count). The molecule has 0 bridgehead atoms. The summed E-state index contributed by atoms with van der Waals surface area (Å²) in [6, 6.07) is 11.2. The third-order valence-corrected chi connectivity index (χ3v) is 8.03. The number of nitrogens with zero attached hydrogens (tertiary/aromatic N) is 5. The molecule has 1 unspecified atom stereocenters. The third kappa shape index (κ3) is 5.54. The summed E-state index contributed by atoms with van der Waals surface area (Å²) in [5.74, 6) is -0.355. The van der Waals surface area contributed by atoms with Crippen molar-refractivity contribution in [3.63, 3.8) is 0 Å². The number of halogens is 3. The molecule has 0 aliphatic carbocycles. The van der Waals surface area contributed by atoms with Crippen LogP contribution in [0.3, 0.4) is 0 Å². The summed E-state index contributed by atoms with van der Waals surface area (Å²) in [6.45, 7) is 1.25. The Labute approximate surface area is 238 Å². The predicted molar refractivity (Wildman–Crippen MR) is 143 cm³/mol. The maximum absolute atomic E-state index is 13.0. The zero-order valence-electron chi connectivity index (χ0n) is 22.5. The van der Waals surface area contributed by atoms with Gasteiger partial charge in [-0.2, -0.15) is 17.7 Å². The van der Waals surface area contributed by atoms with Crippen LogP contribution in [0, 0.1) is 0 Å². The van der Waals surface area contributed by atoms with E-state index in [0.717, 1.165) is 6.07 Å². The Kier molecular flexibility index (Phi) is 7.68. The van der Waals surface area contributed by atoms with Gasteiger partial charge in [-0.3, -0.25) is 4.79 Å². The lowest BCUT2D eigenvalue weighted by molar-refractivity contribution is -0.170. The van der Waals surface area contributed by atoms with Gasteiger partial charge in [0, 0.05) is 24.3 Å². The number of sulfonamides is 1. The number of amides is 1. The molecule has 42 heavy (non-hydrogen) atoms. The van der Waals surface area contributed by atoms with Crippen LogP contribution < -0.4 is 23.8 Å². The molecule has 2 aromatic carbocycles. The van der Waals surface area contributed by atoms with Gasteiger partial charge in [0.25, 0.3) is 0 Å². The molecule has 0 radical (unpaired) electrons. The minimum atomic E-state index is -5.04. The number of hydrogen-bond acceptors (Lipinski definition) is 9. The number of rotatable bonds is 9. The van der Waals surface area contributed by atoms with Crippen molar-refractivity contribution in [2.24, 2.45) is 0 Å². The van der Waals surface area contributed by atoms with Crippen LogP contribution in [-0.2, 0) is 21.2 Å². The monoisotopic (exact) mass is 606 g/mol. The van der Waals surface area contributed by atoms with Crippen LogP contribution in [0.1, 0.15) is 12.5 Å². The van der Waals surface area contributed by atoms with E-state index in [2.05, 4.69) is 20.0 Å². The van der Waals surface area contributed by atoms with Crippen molar-refractivity contribution >= 4 is 27.3 Å². The molecule has 1 atom stereocenters. The number of anilines is 1. The first-order valence-corrected chi connectivity index (χ1v) is 14.0. The number of hydrogen-bond donors (Lipinski definition) is 1. The molecule has 0 saturated heterocycles. The minimum absolute atomic E-state index is 0.0357. The van der Waals surface area contributed by atoms with Crippen LogP contribution in [0.2, 0.25) is 0 Å². The summed E-state index contributed by atoms with van der Waals surface area (Å²) in [5, 5.41) is 12.7. The van der Waals surface area contributed by atoms with E-state index in [1.807, 2.05) is 0 Å². The number of ether oxygens (including phenoxy) is 3. The minimum Gasteiger partial charge on any atom is -0.497 e. The zero-order chi connectivity index (χ0) is 30.2. The maximum Gasteiger partial charge on any atom is 0.471 e. The Bertz CT molecular complexity index is 1760. The lowest BCUT2D eigenvalue weighted by Gasteiger charge is -2.23. The molecule has 3 heterocycles. The van der Waals surface area contributed by atoms with Gasteiger partial charge < -0.3 is 19.1 Å². The van der Waals surface area contributed by atoms with Gasteiger partial charge in [-0.15, -0.1) is 15.3 Å². The largest absolute Gasteiger partial charge is 0.497 e. The topological polar surface area (TPSA) is 137 Å². The number of fused-ring (bicyclic) bond motifs is 2. The lowest BCUT2D eigenvalue weighted by Crippen LogP contribution is -2.44. The number of benzene rings is 2. The van der Waals surface area contributed by atoms with Crippen LogP contribution in [0.4, 0.5) is 18.9 Å². The molecule has 4 aromatic rings. The predicted octanol–water partition coefficient (Wildman–Crippen LogP) is 3.01. The Morgan fingerprint density at radius 3 is 2.57 bits per heavy atom. The van der Waals surface area contributed by atoms with Gasteiger partial charge in [0.1, 0.15) is 18.1 Å². The van der Waals surface area contributed by atoms with Crippen LogP contribution >= 0.6 is 0 Å². The van der Waals surface area contributed by atoms with Gasteiger partial charge in [-0.1, -0.05) is 0 Å².